The van der Waals surface area contributed by atoms with Crippen LogP contribution >= 0.6 is 23.2 Å². The van der Waals surface area contributed by atoms with E-state index in [1.54, 1.807) is 25.1 Å². The van der Waals surface area contributed by atoms with Crippen LogP contribution < -0.4 is 4.72 Å². The van der Waals surface area contributed by atoms with Crippen molar-refractivity contribution in [3.63, 3.8) is 0 Å². The molecule has 2 rings (SSSR count). The summed E-state index contributed by atoms with van der Waals surface area (Å²) in [6, 6.07) is 10.1. The van der Waals surface area contributed by atoms with Gasteiger partial charge in [-0.05, 0) is 43.7 Å². The van der Waals surface area contributed by atoms with E-state index in [1.807, 2.05) is 0 Å². The molecular formula is C16H15Cl2NO3S. The van der Waals surface area contributed by atoms with Gasteiger partial charge in [-0.2, -0.15) is 0 Å². The minimum atomic E-state index is -3.73. The van der Waals surface area contributed by atoms with Crippen molar-refractivity contribution in [2.45, 2.75) is 24.8 Å². The normalized spacial score (nSPS) is 12.9. The van der Waals surface area contributed by atoms with Crippen LogP contribution in [0.2, 0.25) is 10.0 Å². The molecule has 0 aliphatic carbocycles. The molecule has 4 nitrogen and oxygen atoms in total. The van der Waals surface area contributed by atoms with E-state index in [-0.39, 0.29) is 10.7 Å². The van der Waals surface area contributed by atoms with Crippen molar-refractivity contribution >= 4 is 39.0 Å². The number of rotatable bonds is 5. The Morgan fingerprint density at radius 1 is 1.09 bits per heavy atom. The van der Waals surface area contributed by atoms with Crippen LogP contribution in [0.1, 0.15) is 35.8 Å². The first-order valence-corrected chi connectivity index (χ1v) is 9.03. The number of hydrogen-bond donors (Lipinski definition) is 1. The second-order valence-corrected chi connectivity index (χ2v) is 7.65. The molecule has 0 aliphatic heterocycles. The van der Waals surface area contributed by atoms with Gasteiger partial charge in [-0.25, -0.2) is 13.1 Å². The van der Waals surface area contributed by atoms with E-state index in [2.05, 4.69) is 4.72 Å². The number of hydrogen-bond acceptors (Lipinski definition) is 3. The number of halogens is 2. The van der Waals surface area contributed by atoms with Gasteiger partial charge in [-0.1, -0.05) is 41.4 Å². The standard InChI is InChI=1S/C16H15Cl2NO3S/c1-10(15-8-5-13(17)9-16(15)18)19-23(21,22)14-6-3-12(4-7-14)11(2)20/h3-10,19H,1-2H3/t10-/m0/s1. The zero-order valence-electron chi connectivity index (χ0n) is 12.5. The van der Waals surface area contributed by atoms with Crippen molar-refractivity contribution in [1.82, 2.24) is 4.72 Å². The fourth-order valence-electron chi connectivity index (χ4n) is 2.09. The summed E-state index contributed by atoms with van der Waals surface area (Å²) in [5.41, 5.74) is 1.08. The third-order valence-corrected chi connectivity index (χ3v) is 5.45. The van der Waals surface area contributed by atoms with Crippen molar-refractivity contribution in [1.29, 1.82) is 0 Å². The monoisotopic (exact) mass is 371 g/mol. The van der Waals surface area contributed by atoms with Crippen LogP contribution in [-0.4, -0.2) is 14.2 Å². The summed E-state index contributed by atoms with van der Waals surface area (Å²) in [5, 5.41) is 0.869. The Morgan fingerprint density at radius 3 is 2.22 bits per heavy atom. The van der Waals surface area contributed by atoms with E-state index in [4.69, 9.17) is 23.2 Å². The molecule has 7 heteroatoms. The van der Waals surface area contributed by atoms with E-state index in [0.717, 1.165) is 0 Å². The lowest BCUT2D eigenvalue weighted by atomic mass is 10.1. The third-order valence-electron chi connectivity index (χ3n) is 3.33. The van der Waals surface area contributed by atoms with Crippen molar-refractivity contribution in [2.75, 3.05) is 0 Å². The predicted octanol–water partition coefficient (Wildman–Crippen LogP) is 4.24. The second kappa shape index (κ2) is 7.01. The molecule has 2 aromatic rings. The van der Waals surface area contributed by atoms with Crippen LogP contribution in [0, 0.1) is 0 Å². The van der Waals surface area contributed by atoms with E-state index < -0.39 is 16.1 Å². The maximum atomic E-state index is 12.4. The topological polar surface area (TPSA) is 63.2 Å². The average Bonchev–Trinajstić information content (AvgIpc) is 2.46. The molecule has 0 amide bonds. The summed E-state index contributed by atoms with van der Waals surface area (Å²) < 4.78 is 27.4. The van der Waals surface area contributed by atoms with Gasteiger partial charge in [-0.15, -0.1) is 0 Å². The van der Waals surface area contributed by atoms with Gasteiger partial charge in [0.25, 0.3) is 0 Å². The predicted molar refractivity (Wildman–Crippen MR) is 91.6 cm³/mol. The fraction of sp³-hybridized carbons (Fsp3) is 0.188. The molecular weight excluding hydrogens is 357 g/mol. The molecule has 0 saturated heterocycles. The molecule has 0 aromatic heterocycles. The minimum Gasteiger partial charge on any atom is -0.295 e. The maximum absolute atomic E-state index is 12.4. The summed E-state index contributed by atoms with van der Waals surface area (Å²) in [4.78, 5) is 11.3. The van der Waals surface area contributed by atoms with E-state index >= 15 is 0 Å². The van der Waals surface area contributed by atoms with Gasteiger partial charge in [0.1, 0.15) is 0 Å². The molecule has 0 heterocycles. The zero-order chi connectivity index (χ0) is 17.2. The smallest absolute Gasteiger partial charge is 0.241 e. The molecule has 0 unspecified atom stereocenters. The average molecular weight is 372 g/mol. The van der Waals surface area contributed by atoms with Gasteiger partial charge < -0.3 is 0 Å². The van der Waals surface area contributed by atoms with Crippen LogP contribution in [-0.2, 0) is 10.0 Å². The Morgan fingerprint density at radius 2 is 1.70 bits per heavy atom. The highest BCUT2D eigenvalue weighted by Crippen LogP contribution is 2.27. The highest BCUT2D eigenvalue weighted by Gasteiger charge is 2.20. The van der Waals surface area contributed by atoms with Crippen LogP contribution in [0.3, 0.4) is 0 Å². The highest BCUT2D eigenvalue weighted by atomic mass is 35.5. The summed E-state index contributed by atoms with van der Waals surface area (Å²) >= 11 is 11.9. The zero-order valence-corrected chi connectivity index (χ0v) is 14.8. The number of sulfonamides is 1. The van der Waals surface area contributed by atoms with Crippen molar-refractivity contribution < 1.29 is 13.2 Å². The first kappa shape index (κ1) is 17.9. The molecule has 23 heavy (non-hydrogen) atoms. The SMILES string of the molecule is CC(=O)c1ccc(S(=O)(=O)N[C@@H](C)c2ccc(Cl)cc2Cl)cc1. The second-order valence-electron chi connectivity index (χ2n) is 5.09. The molecule has 0 saturated carbocycles. The molecule has 0 spiro atoms. The number of Topliss-reactive ketones (excluding diaryl/α,β-unsaturated/α-hetero) is 1. The first-order chi connectivity index (χ1) is 10.7. The van der Waals surface area contributed by atoms with Crippen LogP contribution in [0.25, 0.3) is 0 Å². The Hall–Kier alpha value is -1.40. The number of benzene rings is 2. The summed E-state index contributed by atoms with van der Waals surface area (Å²) in [7, 11) is -3.73. The molecule has 0 fully saturated rings. The van der Waals surface area contributed by atoms with Crippen molar-refractivity contribution in [3.8, 4) is 0 Å². The first-order valence-electron chi connectivity index (χ1n) is 6.79. The van der Waals surface area contributed by atoms with Gasteiger partial charge in [-0.3, -0.25) is 4.79 Å². The molecule has 122 valence electrons. The Kier molecular flexibility index (Phi) is 5.47. The van der Waals surface area contributed by atoms with Gasteiger partial charge in [0, 0.05) is 21.7 Å². The Balaban J connectivity index is 2.24. The number of nitrogens with one attached hydrogen (secondary N) is 1. The van der Waals surface area contributed by atoms with Gasteiger partial charge in [0.2, 0.25) is 10.0 Å². The molecule has 0 bridgehead atoms. The van der Waals surface area contributed by atoms with E-state index in [1.165, 1.54) is 31.2 Å². The number of carbonyl (C=O) groups is 1. The summed E-state index contributed by atoms with van der Waals surface area (Å²) in [6.07, 6.45) is 0. The minimum absolute atomic E-state index is 0.0828. The van der Waals surface area contributed by atoms with Crippen molar-refractivity contribution in [3.05, 3.63) is 63.6 Å². The highest BCUT2D eigenvalue weighted by molar-refractivity contribution is 7.89. The number of carbonyl (C=O) groups excluding carboxylic acids is 1. The van der Waals surface area contributed by atoms with Crippen molar-refractivity contribution in [2.24, 2.45) is 0 Å². The lowest BCUT2D eigenvalue weighted by Crippen LogP contribution is -2.27. The van der Waals surface area contributed by atoms with Crippen LogP contribution in [0.4, 0.5) is 0 Å². The lowest BCUT2D eigenvalue weighted by Gasteiger charge is -2.16. The molecule has 1 atom stereocenters. The lowest BCUT2D eigenvalue weighted by molar-refractivity contribution is 0.101. The fourth-order valence-corrected chi connectivity index (χ4v) is 3.88. The molecule has 0 radical (unpaired) electrons. The van der Waals surface area contributed by atoms with Crippen LogP contribution in [0.15, 0.2) is 47.4 Å². The van der Waals surface area contributed by atoms with E-state index in [0.29, 0.717) is 21.2 Å². The Bertz CT molecular complexity index is 833. The molecule has 0 aliphatic rings. The molecule has 2 aromatic carbocycles. The maximum Gasteiger partial charge on any atom is 0.241 e. The molecule has 1 N–H and O–H groups in total. The number of ketones is 1. The van der Waals surface area contributed by atoms with Gasteiger partial charge >= 0.3 is 0 Å². The Labute approximate surface area is 145 Å². The quantitative estimate of drug-likeness (QED) is 0.799. The van der Waals surface area contributed by atoms with Gasteiger partial charge in [0.15, 0.2) is 5.78 Å². The van der Waals surface area contributed by atoms with E-state index in [9.17, 15) is 13.2 Å². The van der Waals surface area contributed by atoms with Crippen LogP contribution in [0.5, 0.6) is 0 Å². The summed E-state index contributed by atoms with van der Waals surface area (Å²) in [5.74, 6) is -0.122. The largest absolute Gasteiger partial charge is 0.295 e. The van der Waals surface area contributed by atoms with Gasteiger partial charge in [0.05, 0.1) is 4.90 Å². The summed E-state index contributed by atoms with van der Waals surface area (Å²) in [6.45, 7) is 3.11. The third kappa shape index (κ3) is 4.32.